The van der Waals surface area contributed by atoms with Gasteiger partial charge in [0.2, 0.25) is 0 Å². The molecule has 0 aliphatic rings. The van der Waals surface area contributed by atoms with E-state index < -0.39 is 5.97 Å². The number of hydrogen-bond acceptors (Lipinski definition) is 2. The van der Waals surface area contributed by atoms with Crippen LogP contribution in [0.1, 0.15) is 29.8 Å². The van der Waals surface area contributed by atoms with E-state index in [0.29, 0.717) is 16.3 Å². The Morgan fingerprint density at radius 1 is 1.19 bits per heavy atom. The number of hydrogen-bond donors (Lipinski definition) is 1. The van der Waals surface area contributed by atoms with E-state index in [0.717, 1.165) is 4.90 Å². The third-order valence-corrected chi connectivity index (χ3v) is 3.94. The number of carboxylic acid groups (broad SMARTS) is 1. The molecule has 0 heterocycles. The highest BCUT2D eigenvalue weighted by molar-refractivity contribution is 7.98. The van der Waals surface area contributed by atoms with Crippen molar-refractivity contribution in [2.75, 3.05) is 0 Å². The number of benzene rings is 2. The first-order chi connectivity index (χ1) is 10.1. The lowest BCUT2D eigenvalue weighted by molar-refractivity contribution is 0.0696. The fraction of sp³-hybridized carbons (Fsp3) is 0.188. The van der Waals surface area contributed by atoms with Gasteiger partial charge in [0, 0.05) is 15.7 Å². The summed E-state index contributed by atoms with van der Waals surface area (Å²) < 4.78 is 12.8. The van der Waals surface area contributed by atoms with E-state index in [9.17, 15) is 9.18 Å². The number of halogens is 2. The van der Waals surface area contributed by atoms with Crippen LogP contribution in [0, 0.1) is 5.82 Å². The number of carbonyl (C=O) groups is 1. The molecule has 0 atom stereocenters. The summed E-state index contributed by atoms with van der Waals surface area (Å²) in [5, 5.41) is 9.53. The van der Waals surface area contributed by atoms with Gasteiger partial charge in [-0.25, -0.2) is 9.18 Å². The zero-order valence-electron chi connectivity index (χ0n) is 11.8. The van der Waals surface area contributed by atoms with Gasteiger partial charge in [0.25, 0.3) is 0 Å². The lowest BCUT2D eigenvalue weighted by Gasteiger charge is -2.08. The highest BCUT2D eigenvalue weighted by atomic mass is 35.5. The summed E-state index contributed by atoms with van der Waals surface area (Å²) in [5.41, 5.74) is 0.771. The minimum atomic E-state index is -1.00. The van der Waals surface area contributed by atoms with Crippen molar-refractivity contribution in [3.05, 3.63) is 64.4 Å². The summed E-state index contributed by atoms with van der Waals surface area (Å²) in [6, 6.07) is 10.8. The lowest BCUT2D eigenvalue weighted by Crippen LogP contribution is -2.02. The minimum absolute atomic E-state index is 0.196. The fourth-order valence-electron chi connectivity index (χ4n) is 1.59. The van der Waals surface area contributed by atoms with E-state index in [1.54, 1.807) is 24.3 Å². The van der Waals surface area contributed by atoms with Crippen molar-refractivity contribution in [3.8, 4) is 0 Å². The van der Waals surface area contributed by atoms with Crippen molar-refractivity contribution in [3.63, 3.8) is 0 Å². The third kappa shape index (κ3) is 5.06. The average molecular weight is 327 g/mol. The van der Waals surface area contributed by atoms with Crippen LogP contribution in [0.15, 0.2) is 47.4 Å². The summed E-state index contributed by atoms with van der Waals surface area (Å²) in [4.78, 5) is 12.0. The van der Waals surface area contributed by atoms with E-state index in [4.69, 9.17) is 16.7 Å². The molecule has 2 rings (SSSR count). The highest BCUT2D eigenvalue weighted by Gasteiger charge is 2.13. The molecule has 0 unspecified atom stereocenters. The number of thioether (sulfide) groups is 1. The van der Waals surface area contributed by atoms with E-state index in [1.165, 1.54) is 30.0 Å². The Hall–Kier alpha value is -1.52. The summed E-state index contributed by atoms with van der Waals surface area (Å²) >= 11 is 7.44. The first-order valence-corrected chi connectivity index (χ1v) is 7.83. The van der Waals surface area contributed by atoms with Crippen molar-refractivity contribution >= 4 is 29.3 Å². The number of carboxylic acids is 1. The topological polar surface area (TPSA) is 37.3 Å². The Labute approximate surface area is 133 Å². The van der Waals surface area contributed by atoms with Crippen LogP contribution < -0.4 is 0 Å². The second-order valence-corrected chi connectivity index (χ2v) is 5.27. The first kappa shape index (κ1) is 17.5. The lowest BCUT2D eigenvalue weighted by atomic mass is 10.1. The summed E-state index contributed by atoms with van der Waals surface area (Å²) in [5.74, 6) is -0.877. The van der Waals surface area contributed by atoms with Gasteiger partial charge in [0.1, 0.15) is 5.82 Å². The Morgan fingerprint density at radius 3 is 2.38 bits per heavy atom. The molecule has 0 bridgehead atoms. The Bertz CT molecular complexity index is 600. The molecule has 0 fully saturated rings. The standard InChI is InChI=1S/C14H10ClFO2S.C2H6/c15-13-3-1-2-11(14(17)18)12(13)8-19-10-6-4-9(16)5-7-10;1-2/h1-7H,8H2,(H,17,18);1-2H3. The molecule has 0 spiro atoms. The van der Waals surface area contributed by atoms with Gasteiger partial charge < -0.3 is 5.11 Å². The van der Waals surface area contributed by atoms with Gasteiger partial charge in [-0.1, -0.05) is 31.5 Å². The molecule has 0 aliphatic carbocycles. The molecule has 2 aromatic carbocycles. The monoisotopic (exact) mass is 326 g/mol. The Morgan fingerprint density at radius 2 is 1.81 bits per heavy atom. The van der Waals surface area contributed by atoms with E-state index in [2.05, 4.69) is 0 Å². The van der Waals surface area contributed by atoms with Crippen molar-refractivity contribution in [2.45, 2.75) is 24.5 Å². The molecule has 2 nitrogen and oxygen atoms in total. The maximum atomic E-state index is 12.8. The Kier molecular flexibility index (Phi) is 7.26. The van der Waals surface area contributed by atoms with Gasteiger partial charge in [-0.2, -0.15) is 0 Å². The van der Waals surface area contributed by atoms with Crippen LogP contribution in [0.25, 0.3) is 0 Å². The molecule has 0 aromatic heterocycles. The Balaban J connectivity index is 0.00000106. The largest absolute Gasteiger partial charge is 0.478 e. The molecule has 0 amide bonds. The van der Waals surface area contributed by atoms with Gasteiger partial charge in [-0.15, -0.1) is 11.8 Å². The van der Waals surface area contributed by atoms with Gasteiger partial charge in [0.05, 0.1) is 5.56 Å². The zero-order valence-corrected chi connectivity index (χ0v) is 13.3. The molecule has 5 heteroatoms. The molecular weight excluding hydrogens is 311 g/mol. The number of aromatic carboxylic acids is 1. The maximum absolute atomic E-state index is 12.8. The molecule has 0 aliphatic heterocycles. The molecule has 0 saturated carbocycles. The van der Waals surface area contributed by atoms with Gasteiger partial charge in [0.15, 0.2) is 0 Å². The third-order valence-electron chi connectivity index (χ3n) is 2.55. The molecule has 0 saturated heterocycles. The molecule has 1 N–H and O–H groups in total. The smallest absolute Gasteiger partial charge is 0.336 e. The second-order valence-electron chi connectivity index (χ2n) is 3.81. The molecular formula is C16H16ClFO2S. The van der Waals surface area contributed by atoms with E-state index in [-0.39, 0.29) is 11.4 Å². The van der Waals surface area contributed by atoms with E-state index >= 15 is 0 Å². The quantitative estimate of drug-likeness (QED) is 0.754. The van der Waals surface area contributed by atoms with Crippen LogP contribution >= 0.6 is 23.4 Å². The number of rotatable bonds is 4. The van der Waals surface area contributed by atoms with Crippen molar-refractivity contribution in [2.24, 2.45) is 0 Å². The molecule has 21 heavy (non-hydrogen) atoms. The predicted octanol–water partition coefficient (Wildman–Crippen LogP) is 5.50. The SMILES string of the molecule is CC.O=C(O)c1cccc(Cl)c1CSc1ccc(F)cc1. The first-order valence-electron chi connectivity index (χ1n) is 6.47. The van der Waals surface area contributed by atoms with E-state index in [1.807, 2.05) is 13.8 Å². The zero-order chi connectivity index (χ0) is 15.8. The van der Waals surface area contributed by atoms with Crippen LogP contribution in [-0.2, 0) is 5.75 Å². The summed E-state index contributed by atoms with van der Waals surface area (Å²) in [7, 11) is 0. The predicted molar refractivity (Wildman–Crippen MR) is 85.7 cm³/mol. The second kappa shape index (κ2) is 8.70. The van der Waals surface area contributed by atoms with Crippen LogP contribution in [0.2, 0.25) is 5.02 Å². The van der Waals surface area contributed by atoms with Crippen LogP contribution in [0.5, 0.6) is 0 Å². The molecule has 112 valence electrons. The van der Waals surface area contributed by atoms with Gasteiger partial charge in [-0.05, 0) is 42.0 Å². The maximum Gasteiger partial charge on any atom is 0.336 e. The fourth-order valence-corrected chi connectivity index (χ4v) is 2.86. The summed E-state index contributed by atoms with van der Waals surface area (Å²) in [6.07, 6.45) is 0. The normalized spacial score (nSPS) is 9.71. The molecule has 2 aromatic rings. The van der Waals surface area contributed by atoms with Gasteiger partial charge >= 0.3 is 5.97 Å². The summed E-state index contributed by atoms with van der Waals surface area (Å²) in [6.45, 7) is 4.00. The average Bonchev–Trinajstić information content (AvgIpc) is 2.49. The van der Waals surface area contributed by atoms with Crippen molar-refractivity contribution < 1.29 is 14.3 Å². The van der Waals surface area contributed by atoms with Gasteiger partial charge in [-0.3, -0.25) is 0 Å². The van der Waals surface area contributed by atoms with Crippen LogP contribution in [0.3, 0.4) is 0 Å². The van der Waals surface area contributed by atoms with Crippen LogP contribution in [0.4, 0.5) is 4.39 Å². The highest BCUT2D eigenvalue weighted by Crippen LogP contribution is 2.29. The molecule has 0 radical (unpaired) electrons. The minimum Gasteiger partial charge on any atom is -0.478 e. The van der Waals surface area contributed by atoms with Crippen molar-refractivity contribution in [1.29, 1.82) is 0 Å². The van der Waals surface area contributed by atoms with Crippen molar-refractivity contribution in [1.82, 2.24) is 0 Å². The van der Waals surface area contributed by atoms with Crippen LogP contribution in [-0.4, -0.2) is 11.1 Å².